The summed E-state index contributed by atoms with van der Waals surface area (Å²) in [6.07, 6.45) is 2.98. The van der Waals surface area contributed by atoms with E-state index in [-0.39, 0.29) is 11.9 Å². The molecule has 0 radical (unpaired) electrons. The molecule has 0 saturated carbocycles. The first-order valence-corrected chi connectivity index (χ1v) is 7.72. The first-order chi connectivity index (χ1) is 9.65. The van der Waals surface area contributed by atoms with Crippen LogP contribution in [0, 0.1) is 11.7 Å². The Kier molecular flexibility index (Phi) is 3.90. The lowest BCUT2D eigenvalue weighted by molar-refractivity contribution is 0.373. The van der Waals surface area contributed by atoms with Crippen molar-refractivity contribution in [3.05, 3.63) is 69.4 Å². The molecule has 0 fully saturated rings. The van der Waals surface area contributed by atoms with Crippen molar-refractivity contribution >= 4 is 15.9 Å². The summed E-state index contributed by atoms with van der Waals surface area (Å²) in [4.78, 5) is 0. The molecule has 1 nitrogen and oxygen atoms in total. The molecule has 3 rings (SSSR count). The Balaban J connectivity index is 1.85. The van der Waals surface area contributed by atoms with Gasteiger partial charge in [0.1, 0.15) is 5.82 Å². The number of halogens is 2. The Hall–Kier alpha value is -1.19. The molecule has 3 heteroatoms. The van der Waals surface area contributed by atoms with Gasteiger partial charge in [-0.15, -0.1) is 0 Å². The van der Waals surface area contributed by atoms with E-state index in [2.05, 4.69) is 40.2 Å². The zero-order chi connectivity index (χ0) is 14.1. The lowest BCUT2D eigenvalue weighted by Crippen LogP contribution is -2.27. The Labute approximate surface area is 127 Å². The first kappa shape index (κ1) is 13.8. The zero-order valence-electron chi connectivity index (χ0n) is 11.2. The van der Waals surface area contributed by atoms with Gasteiger partial charge in [-0.1, -0.05) is 40.2 Å². The van der Waals surface area contributed by atoms with E-state index >= 15 is 0 Å². The summed E-state index contributed by atoms with van der Waals surface area (Å²) in [5.41, 5.74) is 9.71. The average Bonchev–Trinajstić information content (AvgIpc) is 2.48. The van der Waals surface area contributed by atoms with Gasteiger partial charge >= 0.3 is 0 Å². The van der Waals surface area contributed by atoms with Crippen molar-refractivity contribution in [3.8, 4) is 0 Å². The SMILES string of the molecule is NC(c1cc(Br)ccc1F)C1CCc2ccccc2C1. The van der Waals surface area contributed by atoms with E-state index in [1.807, 2.05) is 0 Å². The quantitative estimate of drug-likeness (QED) is 0.866. The van der Waals surface area contributed by atoms with E-state index in [4.69, 9.17) is 5.73 Å². The van der Waals surface area contributed by atoms with Gasteiger partial charge in [0.05, 0.1) is 0 Å². The molecule has 0 amide bonds. The maximum atomic E-state index is 14.0. The molecule has 2 aromatic rings. The highest BCUT2D eigenvalue weighted by molar-refractivity contribution is 9.10. The maximum absolute atomic E-state index is 14.0. The second kappa shape index (κ2) is 5.66. The van der Waals surface area contributed by atoms with Crippen LogP contribution in [-0.4, -0.2) is 0 Å². The Morgan fingerprint density at radius 1 is 1.15 bits per heavy atom. The highest BCUT2D eigenvalue weighted by Gasteiger charge is 2.26. The summed E-state index contributed by atoms with van der Waals surface area (Å²) in [7, 11) is 0. The molecular formula is C17H17BrFN. The minimum absolute atomic E-state index is 0.209. The molecular weight excluding hydrogens is 317 g/mol. The second-order valence-electron chi connectivity index (χ2n) is 5.46. The third-order valence-electron chi connectivity index (χ3n) is 4.21. The van der Waals surface area contributed by atoms with Gasteiger partial charge in [0.2, 0.25) is 0 Å². The molecule has 0 aromatic heterocycles. The Bertz CT molecular complexity index is 626. The fourth-order valence-electron chi connectivity index (χ4n) is 3.06. The number of aryl methyl sites for hydroxylation is 1. The molecule has 0 saturated heterocycles. The van der Waals surface area contributed by atoms with Gasteiger partial charge in [-0.05, 0) is 54.5 Å². The third-order valence-corrected chi connectivity index (χ3v) is 4.70. The van der Waals surface area contributed by atoms with Crippen molar-refractivity contribution in [1.29, 1.82) is 0 Å². The molecule has 104 valence electrons. The van der Waals surface area contributed by atoms with Gasteiger partial charge in [-0.2, -0.15) is 0 Å². The second-order valence-corrected chi connectivity index (χ2v) is 6.38. The predicted octanol–water partition coefficient (Wildman–Crippen LogP) is 4.39. The smallest absolute Gasteiger partial charge is 0.128 e. The molecule has 0 bridgehead atoms. The summed E-state index contributed by atoms with van der Waals surface area (Å²) in [6, 6.07) is 13.2. The molecule has 2 unspecified atom stereocenters. The molecule has 0 aliphatic heterocycles. The van der Waals surface area contributed by atoms with Crippen molar-refractivity contribution in [2.75, 3.05) is 0 Å². The van der Waals surface area contributed by atoms with Crippen molar-refractivity contribution in [1.82, 2.24) is 0 Å². The van der Waals surface area contributed by atoms with Gasteiger partial charge in [0.15, 0.2) is 0 Å². The van der Waals surface area contributed by atoms with Crippen LogP contribution in [0.1, 0.15) is 29.2 Å². The number of benzene rings is 2. The third kappa shape index (κ3) is 2.65. The molecule has 1 aliphatic rings. The van der Waals surface area contributed by atoms with Crippen LogP contribution in [0.25, 0.3) is 0 Å². The van der Waals surface area contributed by atoms with Crippen molar-refractivity contribution in [2.45, 2.75) is 25.3 Å². The van der Waals surface area contributed by atoms with E-state index < -0.39 is 0 Å². The van der Waals surface area contributed by atoms with Crippen LogP contribution in [0.4, 0.5) is 4.39 Å². The Morgan fingerprint density at radius 2 is 1.90 bits per heavy atom. The van der Waals surface area contributed by atoms with E-state index in [0.29, 0.717) is 11.5 Å². The highest BCUT2D eigenvalue weighted by atomic mass is 79.9. The van der Waals surface area contributed by atoms with Crippen molar-refractivity contribution in [2.24, 2.45) is 11.7 Å². The molecule has 2 N–H and O–H groups in total. The fourth-order valence-corrected chi connectivity index (χ4v) is 3.44. The van der Waals surface area contributed by atoms with Crippen LogP contribution in [0.15, 0.2) is 46.9 Å². The minimum atomic E-state index is -0.249. The lowest BCUT2D eigenvalue weighted by atomic mass is 9.78. The fraction of sp³-hybridized carbons (Fsp3) is 0.294. The van der Waals surface area contributed by atoms with E-state index in [1.54, 1.807) is 12.1 Å². The highest BCUT2D eigenvalue weighted by Crippen LogP contribution is 2.34. The van der Waals surface area contributed by atoms with Crippen LogP contribution in [0.2, 0.25) is 0 Å². The standard InChI is InChI=1S/C17H17BrFN/c18-14-7-8-16(19)15(10-14)17(20)13-6-5-11-3-1-2-4-12(11)9-13/h1-4,7-8,10,13,17H,5-6,9,20H2. The molecule has 1 aliphatic carbocycles. The molecule has 0 heterocycles. The monoisotopic (exact) mass is 333 g/mol. The van der Waals surface area contributed by atoms with Gasteiger partial charge in [0.25, 0.3) is 0 Å². The van der Waals surface area contributed by atoms with E-state index in [9.17, 15) is 4.39 Å². The predicted molar refractivity (Wildman–Crippen MR) is 83.0 cm³/mol. The average molecular weight is 334 g/mol. The van der Waals surface area contributed by atoms with Crippen LogP contribution in [0.3, 0.4) is 0 Å². The summed E-state index contributed by atoms with van der Waals surface area (Å²) in [5, 5.41) is 0. The van der Waals surface area contributed by atoms with Gasteiger partial charge in [-0.3, -0.25) is 0 Å². The van der Waals surface area contributed by atoms with Gasteiger partial charge < -0.3 is 5.73 Å². The topological polar surface area (TPSA) is 26.0 Å². The summed E-state index contributed by atoms with van der Waals surface area (Å²) in [6.45, 7) is 0. The summed E-state index contributed by atoms with van der Waals surface area (Å²) in [5.74, 6) is 0.0910. The van der Waals surface area contributed by atoms with Gasteiger partial charge in [-0.25, -0.2) is 4.39 Å². The van der Waals surface area contributed by atoms with Gasteiger partial charge in [0, 0.05) is 16.1 Å². The van der Waals surface area contributed by atoms with Crippen LogP contribution >= 0.6 is 15.9 Å². The normalized spacial score (nSPS) is 19.4. The van der Waals surface area contributed by atoms with Crippen LogP contribution in [-0.2, 0) is 12.8 Å². The molecule has 2 aromatic carbocycles. The number of nitrogens with two attached hydrogens (primary N) is 1. The number of hydrogen-bond donors (Lipinski definition) is 1. The number of fused-ring (bicyclic) bond motifs is 1. The number of hydrogen-bond acceptors (Lipinski definition) is 1. The molecule has 2 atom stereocenters. The van der Waals surface area contributed by atoms with Crippen LogP contribution in [0.5, 0.6) is 0 Å². The van der Waals surface area contributed by atoms with E-state index in [0.717, 1.165) is 23.7 Å². The van der Waals surface area contributed by atoms with Crippen LogP contribution < -0.4 is 5.73 Å². The Morgan fingerprint density at radius 3 is 2.70 bits per heavy atom. The zero-order valence-corrected chi connectivity index (χ0v) is 12.7. The minimum Gasteiger partial charge on any atom is -0.324 e. The van der Waals surface area contributed by atoms with Crippen molar-refractivity contribution < 1.29 is 4.39 Å². The van der Waals surface area contributed by atoms with E-state index in [1.165, 1.54) is 17.2 Å². The number of rotatable bonds is 2. The maximum Gasteiger partial charge on any atom is 0.128 e. The largest absolute Gasteiger partial charge is 0.324 e. The summed E-state index contributed by atoms with van der Waals surface area (Å²) < 4.78 is 14.8. The molecule has 20 heavy (non-hydrogen) atoms. The molecule has 0 spiro atoms. The first-order valence-electron chi connectivity index (χ1n) is 6.92. The lowest BCUT2D eigenvalue weighted by Gasteiger charge is -2.29. The summed E-state index contributed by atoms with van der Waals surface area (Å²) >= 11 is 3.39. The van der Waals surface area contributed by atoms with Crippen molar-refractivity contribution in [3.63, 3.8) is 0 Å².